The number of H-pyrrole nitrogens is 1. The number of hydrogen-bond acceptors (Lipinski definition) is 6. The zero-order valence-electron chi connectivity index (χ0n) is 19.7. The zero-order chi connectivity index (χ0) is 24.8. The van der Waals surface area contributed by atoms with E-state index >= 15 is 0 Å². The molecule has 2 aliphatic carbocycles. The van der Waals surface area contributed by atoms with E-state index in [1.807, 2.05) is 12.1 Å². The molecule has 0 saturated heterocycles. The van der Waals surface area contributed by atoms with E-state index in [1.54, 1.807) is 19.2 Å². The molecule has 1 saturated carbocycles. The lowest BCUT2D eigenvalue weighted by molar-refractivity contribution is 0.103. The van der Waals surface area contributed by atoms with Gasteiger partial charge in [0.05, 0.1) is 16.3 Å². The summed E-state index contributed by atoms with van der Waals surface area (Å²) in [6.07, 6.45) is 6.52. The average Bonchev–Trinajstić information content (AvgIpc) is 3.45. The molecule has 3 N–H and O–H groups in total. The van der Waals surface area contributed by atoms with Gasteiger partial charge in [-0.25, -0.2) is 9.07 Å². The molecule has 8 nitrogen and oxygen atoms in total. The Balaban J connectivity index is 1.27. The normalized spacial score (nSPS) is 14.9. The number of halogens is 1. The number of fused-ring (bicyclic) bond motifs is 1. The third-order valence-corrected chi connectivity index (χ3v) is 7.91. The number of carbonyl (C=O) groups is 1. The summed E-state index contributed by atoms with van der Waals surface area (Å²) < 4.78 is 15.9. The molecule has 1 amide bonds. The van der Waals surface area contributed by atoms with Crippen LogP contribution >= 0.6 is 11.3 Å². The van der Waals surface area contributed by atoms with Gasteiger partial charge in [0, 0.05) is 35.2 Å². The van der Waals surface area contributed by atoms with Crippen LogP contribution in [0.3, 0.4) is 0 Å². The van der Waals surface area contributed by atoms with E-state index in [1.165, 1.54) is 38.6 Å². The first kappa shape index (κ1) is 22.7. The van der Waals surface area contributed by atoms with Gasteiger partial charge in [0.1, 0.15) is 11.5 Å². The van der Waals surface area contributed by atoms with Crippen molar-refractivity contribution in [1.29, 1.82) is 0 Å². The van der Waals surface area contributed by atoms with Crippen molar-refractivity contribution in [3.63, 3.8) is 0 Å². The van der Waals surface area contributed by atoms with Crippen molar-refractivity contribution < 1.29 is 9.18 Å². The molecule has 0 aliphatic heterocycles. The fourth-order valence-corrected chi connectivity index (χ4v) is 5.70. The summed E-state index contributed by atoms with van der Waals surface area (Å²) in [7, 11) is 1.56. The first-order chi connectivity index (χ1) is 17.4. The van der Waals surface area contributed by atoms with Crippen LogP contribution in [0.2, 0.25) is 0 Å². The minimum absolute atomic E-state index is 0.0652. The zero-order valence-corrected chi connectivity index (χ0v) is 20.5. The molecule has 3 heterocycles. The van der Waals surface area contributed by atoms with Gasteiger partial charge < -0.3 is 10.6 Å². The summed E-state index contributed by atoms with van der Waals surface area (Å²) in [5.41, 5.74) is 3.35. The van der Waals surface area contributed by atoms with Gasteiger partial charge in [0.15, 0.2) is 5.82 Å². The molecule has 0 spiro atoms. The maximum Gasteiger partial charge on any atom is 0.290 e. The molecule has 0 radical (unpaired) electrons. The highest BCUT2D eigenvalue weighted by molar-refractivity contribution is 7.14. The Labute approximate surface area is 210 Å². The summed E-state index contributed by atoms with van der Waals surface area (Å²) in [6, 6.07) is 9.85. The topological polar surface area (TPSA) is 105 Å². The summed E-state index contributed by atoms with van der Waals surface area (Å²) in [5.74, 6) is 0.195. The number of aryl methyl sites for hydroxylation is 3. The van der Waals surface area contributed by atoms with Crippen LogP contribution in [0.4, 0.5) is 21.6 Å². The number of carbonyl (C=O) groups excluding carboxylic acids is 1. The highest BCUT2D eigenvalue weighted by atomic mass is 32.1. The number of nitrogens with zero attached hydrogens (tertiary/aromatic N) is 3. The predicted molar refractivity (Wildman–Crippen MR) is 138 cm³/mol. The molecule has 0 atom stereocenters. The SMILES string of the molecule is Cn1nc(-c2ccc(F)c(NC(=O)c3cc4c(s3)CCCC4)c2)cc(Nc2cc(C3CC3)[nH]n2)c1=O. The van der Waals surface area contributed by atoms with E-state index in [0.717, 1.165) is 44.2 Å². The number of thiophene rings is 1. The lowest BCUT2D eigenvalue weighted by atomic mass is 9.99. The van der Waals surface area contributed by atoms with Crippen LogP contribution in [0.5, 0.6) is 0 Å². The van der Waals surface area contributed by atoms with E-state index in [4.69, 9.17) is 0 Å². The summed E-state index contributed by atoms with van der Waals surface area (Å²) >= 11 is 1.48. The van der Waals surface area contributed by atoms with E-state index in [9.17, 15) is 14.0 Å². The predicted octanol–water partition coefficient (Wildman–Crippen LogP) is 5.12. The van der Waals surface area contributed by atoms with Crippen LogP contribution in [0.15, 0.2) is 41.2 Å². The van der Waals surface area contributed by atoms with Gasteiger partial charge in [0.2, 0.25) is 0 Å². The quantitative estimate of drug-likeness (QED) is 0.338. The van der Waals surface area contributed by atoms with Gasteiger partial charge in [-0.1, -0.05) is 0 Å². The van der Waals surface area contributed by atoms with Gasteiger partial charge in [-0.15, -0.1) is 11.3 Å². The Bertz CT molecular complexity index is 1510. The molecule has 0 unspecified atom stereocenters. The number of amides is 1. The number of hydrogen-bond donors (Lipinski definition) is 3. The molecule has 2 aliphatic rings. The smallest absolute Gasteiger partial charge is 0.290 e. The number of nitrogens with one attached hydrogen (secondary N) is 3. The Morgan fingerprint density at radius 1 is 1.14 bits per heavy atom. The average molecular weight is 505 g/mol. The maximum absolute atomic E-state index is 14.7. The number of rotatable bonds is 6. The van der Waals surface area contributed by atoms with Crippen LogP contribution in [0, 0.1) is 5.82 Å². The molecule has 6 rings (SSSR count). The van der Waals surface area contributed by atoms with Gasteiger partial charge in [-0.05, 0) is 74.4 Å². The van der Waals surface area contributed by atoms with Crippen molar-refractivity contribution >= 4 is 34.4 Å². The molecule has 36 heavy (non-hydrogen) atoms. The van der Waals surface area contributed by atoms with E-state index in [0.29, 0.717) is 33.6 Å². The highest BCUT2D eigenvalue weighted by Gasteiger charge is 2.25. The van der Waals surface area contributed by atoms with Crippen molar-refractivity contribution in [2.24, 2.45) is 7.05 Å². The fraction of sp³-hybridized carbons (Fsp3) is 0.308. The molecule has 1 aromatic carbocycles. The lowest BCUT2D eigenvalue weighted by Gasteiger charge is -2.11. The summed E-state index contributed by atoms with van der Waals surface area (Å²) in [4.78, 5) is 27.4. The molecular formula is C26H25FN6O2S. The molecule has 10 heteroatoms. The minimum atomic E-state index is -0.541. The van der Waals surface area contributed by atoms with Crippen molar-refractivity contribution in [3.8, 4) is 11.3 Å². The monoisotopic (exact) mass is 504 g/mol. The van der Waals surface area contributed by atoms with Gasteiger partial charge >= 0.3 is 0 Å². The largest absolute Gasteiger partial charge is 0.334 e. The Hall–Kier alpha value is -3.79. The van der Waals surface area contributed by atoms with Crippen LogP contribution in [0.1, 0.15) is 57.4 Å². The van der Waals surface area contributed by atoms with E-state index in [-0.39, 0.29) is 17.2 Å². The lowest BCUT2D eigenvalue weighted by Crippen LogP contribution is -2.22. The third-order valence-electron chi connectivity index (χ3n) is 6.67. The van der Waals surface area contributed by atoms with Gasteiger partial charge in [-0.3, -0.25) is 14.7 Å². The minimum Gasteiger partial charge on any atom is -0.334 e. The standard InChI is InChI=1S/C26H25FN6O2S/c1-33-26(35)21(28-24-13-18(30-31-24)14-6-7-14)12-19(32-33)15-8-9-17(27)20(10-15)29-25(34)23-11-16-4-2-3-5-22(16)36-23/h8-14H,2-7H2,1H3,(H,29,34)(H2,28,30,31). The fourth-order valence-electron chi connectivity index (χ4n) is 4.55. The van der Waals surface area contributed by atoms with Crippen LogP contribution < -0.4 is 16.2 Å². The Kier molecular flexibility index (Phi) is 5.67. The van der Waals surface area contributed by atoms with Gasteiger partial charge in [0.25, 0.3) is 11.5 Å². The molecule has 0 bridgehead atoms. The second kappa shape index (κ2) is 9.02. The van der Waals surface area contributed by atoms with Crippen LogP contribution in [-0.2, 0) is 19.9 Å². The first-order valence-corrected chi connectivity index (χ1v) is 12.9. The molecular weight excluding hydrogens is 479 g/mol. The third kappa shape index (κ3) is 4.44. The number of aromatic nitrogens is 4. The second-order valence-electron chi connectivity index (χ2n) is 9.39. The number of aromatic amines is 1. The maximum atomic E-state index is 14.7. The van der Waals surface area contributed by atoms with E-state index < -0.39 is 5.82 Å². The van der Waals surface area contributed by atoms with Crippen molar-refractivity contribution in [3.05, 3.63) is 73.6 Å². The summed E-state index contributed by atoms with van der Waals surface area (Å²) in [6.45, 7) is 0. The Morgan fingerprint density at radius 2 is 1.97 bits per heavy atom. The van der Waals surface area contributed by atoms with Crippen LogP contribution in [-0.4, -0.2) is 25.9 Å². The van der Waals surface area contributed by atoms with Crippen molar-refractivity contribution in [1.82, 2.24) is 20.0 Å². The second-order valence-corrected chi connectivity index (χ2v) is 10.5. The van der Waals surface area contributed by atoms with Gasteiger partial charge in [-0.2, -0.15) is 10.2 Å². The first-order valence-electron chi connectivity index (χ1n) is 12.1. The summed E-state index contributed by atoms with van der Waals surface area (Å²) in [5, 5.41) is 17.4. The molecule has 1 fully saturated rings. The van der Waals surface area contributed by atoms with Crippen molar-refractivity contribution in [2.45, 2.75) is 44.4 Å². The molecule has 184 valence electrons. The van der Waals surface area contributed by atoms with Crippen LogP contribution in [0.25, 0.3) is 11.3 Å². The molecule has 3 aromatic heterocycles. The highest BCUT2D eigenvalue weighted by Crippen LogP contribution is 2.39. The Morgan fingerprint density at radius 3 is 2.78 bits per heavy atom. The number of benzene rings is 1. The molecule has 4 aromatic rings. The van der Waals surface area contributed by atoms with E-state index in [2.05, 4.69) is 25.9 Å². The van der Waals surface area contributed by atoms with Crippen molar-refractivity contribution in [2.75, 3.05) is 10.6 Å². The number of anilines is 3.